The predicted molar refractivity (Wildman–Crippen MR) is 62.1 cm³/mol. The van der Waals surface area contributed by atoms with Gasteiger partial charge in [-0.1, -0.05) is 30.3 Å². The van der Waals surface area contributed by atoms with Gasteiger partial charge in [0.2, 0.25) is 0 Å². The summed E-state index contributed by atoms with van der Waals surface area (Å²) in [5.41, 5.74) is 2.08. The first-order valence-electron chi connectivity index (χ1n) is 5.15. The lowest BCUT2D eigenvalue weighted by Crippen LogP contribution is -1.95. The molecule has 1 aromatic rings. The van der Waals surface area contributed by atoms with E-state index in [9.17, 15) is 9.59 Å². The van der Waals surface area contributed by atoms with E-state index in [1.807, 2.05) is 24.3 Å². The third-order valence-electron chi connectivity index (χ3n) is 2.20. The molecule has 0 heterocycles. The monoisotopic (exact) mass is 218 g/mol. The van der Waals surface area contributed by atoms with Gasteiger partial charge in [0, 0.05) is 6.42 Å². The van der Waals surface area contributed by atoms with Gasteiger partial charge in [-0.2, -0.15) is 0 Å². The highest BCUT2D eigenvalue weighted by Crippen LogP contribution is 2.09. The molecule has 3 nitrogen and oxygen atoms in total. The van der Waals surface area contributed by atoms with Crippen molar-refractivity contribution in [3.05, 3.63) is 41.5 Å². The van der Waals surface area contributed by atoms with Crippen LogP contribution < -0.4 is 0 Å². The molecule has 0 amide bonds. The highest BCUT2D eigenvalue weighted by atomic mass is 16.4. The minimum absolute atomic E-state index is 0.201. The number of hydrogen-bond donors (Lipinski definition) is 1. The van der Waals surface area contributed by atoms with Gasteiger partial charge in [-0.05, 0) is 30.0 Å². The molecule has 3 heteroatoms. The smallest absolute Gasteiger partial charge is 0.303 e. The molecule has 0 atom stereocenters. The second-order valence-electron chi connectivity index (χ2n) is 3.48. The van der Waals surface area contributed by atoms with E-state index < -0.39 is 5.97 Å². The van der Waals surface area contributed by atoms with Crippen LogP contribution in [0.4, 0.5) is 0 Å². The number of carboxylic acid groups (broad SMARTS) is 1. The summed E-state index contributed by atoms with van der Waals surface area (Å²) in [5, 5.41) is 8.49. The molecule has 0 saturated heterocycles. The molecule has 0 unspecified atom stereocenters. The van der Waals surface area contributed by atoms with Crippen molar-refractivity contribution in [1.82, 2.24) is 0 Å². The zero-order chi connectivity index (χ0) is 11.8. The van der Waals surface area contributed by atoms with Crippen LogP contribution in [-0.2, 0) is 16.0 Å². The van der Waals surface area contributed by atoms with Crippen molar-refractivity contribution in [3.63, 3.8) is 0 Å². The molecule has 0 aliphatic heterocycles. The first-order valence-corrected chi connectivity index (χ1v) is 5.15. The van der Waals surface area contributed by atoms with E-state index in [0.29, 0.717) is 6.42 Å². The van der Waals surface area contributed by atoms with E-state index in [2.05, 4.69) is 0 Å². The SMILES string of the molecule is O=C/C=C/c1ccc(CCCC(=O)O)cc1. The molecule has 16 heavy (non-hydrogen) atoms. The number of aldehydes is 1. The molecular weight excluding hydrogens is 204 g/mol. The molecule has 0 radical (unpaired) electrons. The van der Waals surface area contributed by atoms with Crippen molar-refractivity contribution < 1.29 is 14.7 Å². The molecule has 0 saturated carbocycles. The van der Waals surface area contributed by atoms with Gasteiger partial charge in [0.1, 0.15) is 6.29 Å². The van der Waals surface area contributed by atoms with Gasteiger partial charge in [-0.25, -0.2) is 0 Å². The number of carboxylic acids is 1. The fourth-order valence-electron chi connectivity index (χ4n) is 1.39. The number of aliphatic carboxylic acids is 1. The minimum Gasteiger partial charge on any atom is -0.481 e. The van der Waals surface area contributed by atoms with E-state index in [1.165, 1.54) is 6.08 Å². The van der Waals surface area contributed by atoms with E-state index >= 15 is 0 Å². The van der Waals surface area contributed by atoms with Crippen LogP contribution in [0.25, 0.3) is 6.08 Å². The second kappa shape index (κ2) is 6.56. The van der Waals surface area contributed by atoms with Crippen molar-refractivity contribution in [3.8, 4) is 0 Å². The lowest BCUT2D eigenvalue weighted by Gasteiger charge is -2.00. The van der Waals surface area contributed by atoms with Crippen molar-refractivity contribution in [2.45, 2.75) is 19.3 Å². The highest BCUT2D eigenvalue weighted by Gasteiger charge is 1.98. The number of allylic oxidation sites excluding steroid dienone is 1. The van der Waals surface area contributed by atoms with Crippen LogP contribution in [-0.4, -0.2) is 17.4 Å². The van der Waals surface area contributed by atoms with E-state index in [4.69, 9.17) is 5.11 Å². The van der Waals surface area contributed by atoms with Gasteiger partial charge in [0.25, 0.3) is 0 Å². The Morgan fingerprint density at radius 1 is 1.25 bits per heavy atom. The molecule has 0 aliphatic rings. The summed E-state index contributed by atoms with van der Waals surface area (Å²) in [6, 6.07) is 7.73. The standard InChI is InChI=1S/C13H14O3/c14-10-2-4-12-8-6-11(7-9-12)3-1-5-13(15)16/h2,4,6-10H,1,3,5H2,(H,15,16)/b4-2+. The number of carbonyl (C=O) groups excluding carboxylic acids is 1. The maximum Gasteiger partial charge on any atom is 0.303 e. The van der Waals surface area contributed by atoms with Crippen LogP contribution in [0.15, 0.2) is 30.3 Å². The Balaban J connectivity index is 2.48. The van der Waals surface area contributed by atoms with Crippen LogP contribution in [0.1, 0.15) is 24.0 Å². The van der Waals surface area contributed by atoms with Crippen molar-refractivity contribution in [2.24, 2.45) is 0 Å². The number of carbonyl (C=O) groups is 2. The first-order chi connectivity index (χ1) is 7.72. The number of benzene rings is 1. The Kier molecular flexibility index (Phi) is 4.99. The Hall–Kier alpha value is -1.90. The Morgan fingerprint density at radius 3 is 2.50 bits per heavy atom. The molecule has 1 N–H and O–H groups in total. The van der Waals surface area contributed by atoms with Crippen LogP contribution in [0, 0.1) is 0 Å². The van der Waals surface area contributed by atoms with Crippen LogP contribution in [0.3, 0.4) is 0 Å². The summed E-state index contributed by atoms with van der Waals surface area (Å²) in [6.45, 7) is 0. The zero-order valence-electron chi connectivity index (χ0n) is 8.93. The van der Waals surface area contributed by atoms with Gasteiger partial charge in [-0.3, -0.25) is 9.59 Å². The predicted octanol–water partition coefficient (Wildman–Crippen LogP) is 2.31. The second-order valence-corrected chi connectivity index (χ2v) is 3.48. The maximum absolute atomic E-state index is 10.3. The molecular formula is C13H14O3. The average molecular weight is 218 g/mol. The fourth-order valence-corrected chi connectivity index (χ4v) is 1.39. The normalized spacial score (nSPS) is 10.5. The number of aryl methyl sites for hydroxylation is 1. The lowest BCUT2D eigenvalue weighted by molar-refractivity contribution is -0.137. The quantitative estimate of drug-likeness (QED) is 0.588. The minimum atomic E-state index is -0.759. The van der Waals surface area contributed by atoms with Crippen molar-refractivity contribution in [1.29, 1.82) is 0 Å². The Labute approximate surface area is 94.4 Å². The van der Waals surface area contributed by atoms with Crippen LogP contribution in [0.5, 0.6) is 0 Å². The third-order valence-corrected chi connectivity index (χ3v) is 2.20. The maximum atomic E-state index is 10.3. The number of hydrogen-bond acceptors (Lipinski definition) is 2. The molecule has 1 rings (SSSR count). The average Bonchev–Trinajstić information content (AvgIpc) is 2.27. The largest absolute Gasteiger partial charge is 0.481 e. The van der Waals surface area contributed by atoms with Gasteiger partial charge in [0.05, 0.1) is 0 Å². The third kappa shape index (κ3) is 4.55. The Bertz CT molecular complexity index is 377. The summed E-state index contributed by atoms with van der Waals surface area (Å²) < 4.78 is 0. The topological polar surface area (TPSA) is 54.4 Å². The summed E-state index contributed by atoms with van der Waals surface area (Å²) in [7, 11) is 0. The molecule has 1 aromatic carbocycles. The number of rotatable bonds is 6. The van der Waals surface area contributed by atoms with Gasteiger partial charge < -0.3 is 5.11 Å². The van der Waals surface area contributed by atoms with E-state index in [-0.39, 0.29) is 6.42 Å². The van der Waals surface area contributed by atoms with E-state index in [1.54, 1.807) is 6.08 Å². The highest BCUT2D eigenvalue weighted by molar-refractivity contribution is 5.73. The summed E-state index contributed by atoms with van der Waals surface area (Å²) in [4.78, 5) is 20.4. The summed E-state index contributed by atoms with van der Waals surface area (Å²) in [5.74, 6) is -0.759. The lowest BCUT2D eigenvalue weighted by atomic mass is 10.1. The Morgan fingerprint density at radius 2 is 1.94 bits per heavy atom. The van der Waals surface area contributed by atoms with Gasteiger partial charge in [0.15, 0.2) is 0 Å². The molecule has 0 spiro atoms. The van der Waals surface area contributed by atoms with Crippen molar-refractivity contribution >= 4 is 18.3 Å². The van der Waals surface area contributed by atoms with Gasteiger partial charge in [-0.15, -0.1) is 0 Å². The molecule has 0 bridgehead atoms. The van der Waals surface area contributed by atoms with Crippen LogP contribution >= 0.6 is 0 Å². The summed E-state index contributed by atoms with van der Waals surface area (Å²) >= 11 is 0. The molecule has 0 aromatic heterocycles. The molecule has 84 valence electrons. The van der Waals surface area contributed by atoms with E-state index in [0.717, 1.165) is 23.8 Å². The summed E-state index contributed by atoms with van der Waals surface area (Å²) in [6.07, 6.45) is 5.53. The molecule has 0 fully saturated rings. The fraction of sp³-hybridized carbons (Fsp3) is 0.231. The zero-order valence-corrected chi connectivity index (χ0v) is 8.93. The van der Waals surface area contributed by atoms with Crippen LogP contribution in [0.2, 0.25) is 0 Å². The van der Waals surface area contributed by atoms with Crippen molar-refractivity contribution in [2.75, 3.05) is 0 Å². The first kappa shape index (κ1) is 12.2. The molecule has 0 aliphatic carbocycles. The van der Waals surface area contributed by atoms with Gasteiger partial charge >= 0.3 is 5.97 Å².